The quantitative estimate of drug-likeness (QED) is 0.692. The van der Waals surface area contributed by atoms with Gasteiger partial charge in [-0.25, -0.2) is 4.98 Å². The molecule has 1 aromatic heterocycles. The maximum atomic E-state index is 6.08. The second-order valence-corrected chi connectivity index (χ2v) is 6.20. The van der Waals surface area contributed by atoms with Gasteiger partial charge in [0.2, 0.25) is 0 Å². The molecule has 1 aliphatic carbocycles. The number of nitrogens with zero attached hydrogens (tertiary/aromatic N) is 1. The van der Waals surface area contributed by atoms with Gasteiger partial charge in [0.15, 0.2) is 0 Å². The lowest BCUT2D eigenvalue weighted by molar-refractivity contribution is 0.0174. The highest BCUT2D eigenvalue weighted by Crippen LogP contribution is 2.29. The number of ether oxygens (including phenoxy) is 1. The molecular weight excluding hydrogens is 266 g/mol. The van der Waals surface area contributed by atoms with Crippen LogP contribution in [-0.2, 0) is 10.6 Å². The smallest absolute Gasteiger partial charge is 0.122 e. The van der Waals surface area contributed by atoms with Gasteiger partial charge in [-0.3, -0.25) is 0 Å². The molecule has 1 fully saturated rings. The van der Waals surface area contributed by atoms with Crippen molar-refractivity contribution in [1.29, 1.82) is 0 Å². The molecular formula is C14H22ClNOS. The molecule has 0 amide bonds. The van der Waals surface area contributed by atoms with Gasteiger partial charge < -0.3 is 4.74 Å². The second-order valence-electron chi connectivity index (χ2n) is 5.04. The molecule has 102 valence electrons. The Morgan fingerprint density at radius 3 is 2.83 bits per heavy atom. The van der Waals surface area contributed by atoms with E-state index in [-0.39, 0.29) is 6.10 Å². The van der Waals surface area contributed by atoms with E-state index >= 15 is 0 Å². The highest BCUT2D eigenvalue weighted by molar-refractivity contribution is 7.09. The van der Waals surface area contributed by atoms with Crippen LogP contribution in [0.3, 0.4) is 0 Å². The SMILES string of the molecule is CCC(OCC1CCCCC1)c1nc(CCl)cs1. The summed E-state index contributed by atoms with van der Waals surface area (Å²) in [5.74, 6) is 1.26. The van der Waals surface area contributed by atoms with Crippen molar-refractivity contribution >= 4 is 22.9 Å². The Morgan fingerprint density at radius 2 is 2.22 bits per heavy atom. The van der Waals surface area contributed by atoms with Crippen LogP contribution in [-0.4, -0.2) is 11.6 Å². The fraction of sp³-hybridized carbons (Fsp3) is 0.786. The van der Waals surface area contributed by atoms with Crippen molar-refractivity contribution in [3.05, 3.63) is 16.1 Å². The van der Waals surface area contributed by atoms with Gasteiger partial charge in [0, 0.05) is 5.38 Å². The summed E-state index contributed by atoms with van der Waals surface area (Å²) in [4.78, 5) is 4.53. The van der Waals surface area contributed by atoms with Gasteiger partial charge in [-0.05, 0) is 25.2 Å². The first-order valence-electron chi connectivity index (χ1n) is 6.95. The van der Waals surface area contributed by atoms with Crippen molar-refractivity contribution in [1.82, 2.24) is 4.98 Å². The third kappa shape index (κ3) is 3.94. The second kappa shape index (κ2) is 7.46. The number of thiazole rings is 1. The van der Waals surface area contributed by atoms with Crippen molar-refractivity contribution < 1.29 is 4.74 Å². The molecule has 1 aliphatic rings. The lowest BCUT2D eigenvalue weighted by Crippen LogP contribution is -2.15. The fourth-order valence-corrected chi connectivity index (χ4v) is 3.68. The van der Waals surface area contributed by atoms with Crippen LogP contribution in [0.15, 0.2) is 5.38 Å². The van der Waals surface area contributed by atoms with E-state index in [9.17, 15) is 0 Å². The normalized spacial score (nSPS) is 19.0. The summed E-state index contributed by atoms with van der Waals surface area (Å²) in [7, 11) is 0. The lowest BCUT2D eigenvalue weighted by Gasteiger charge is -2.23. The molecule has 1 aromatic rings. The standard InChI is InChI=1S/C14H22ClNOS/c1-2-13(14-16-12(8-15)10-18-14)17-9-11-6-4-3-5-7-11/h10-11,13H,2-9H2,1H3. The minimum Gasteiger partial charge on any atom is -0.371 e. The first kappa shape index (κ1) is 14.3. The lowest BCUT2D eigenvalue weighted by atomic mass is 9.90. The van der Waals surface area contributed by atoms with E-state index < -0.39 is 0 Å². The zero-order chi connectivity index (χ0) is 12.8. The molecule has 2 nitrogen and oxygen atoms in total. The van der Waals surface area contributed by atoms with Gasteiger partial charge in [0.25, 0.3) is 0 Å². The molecule has 1 unspecified atom stereocenters. The summed E-state index contributed by atoms with van der Waals surface area (Å²) >= 11 is 7.46. The Bertz CT molecular complexity index is 349. The number of halogens is 1. The number of hydrogen-bond donors (Lipinski definition) is 0. The first-order valence-corrected chi connectivity index (χ1v) is 8.36. The number of alkyl halides is 1. The predicted octanol–water partition coefficient (Wildman–Crippen LogP) is 4.93. The maximum Gasteiger partial charge on any atom is 0.122 e. The van der Waals surface area contributed by atoms with E-state index in [0.29, 0.717) is 5.88 Å². The van der Waals surface area contributed by atoms with Crippen molar-refractivity contribution in [2.24, 2.45) is 5.92 Å². The van der Waals surface area contributed by atoms with Crippen LogP contribution in [0.4, 0.5) is 0 Å². The molecule has 1 heterocycles. The van der Waals surface area contributed by atoms with Crippen molar-refractivity contribution in [3.8, 4) is 0 Å². The first-order chi connectivity index (χ1) is 8.83. The van der Waals surface area contributed by atoms with Crippen molar-refractivity contribution in [2.45, 2.75) is 57.4 Å². The number of hydrogen-bond acceptors (Lipinski definition) is 3. The van der Waals surface area contributed by atoms with Crippen LogP contribution in [0, 0.1) is 5.92 Å². The summed E-state index contributed by atoms with van der Waals surface area (Å²) in [6.07, 6.45) is 7.97. The van der Waals surface area contributed by atoms with E-state index in [0.717, 1.165) is 29.6 Å². The third-order valence-electron chi connectivity index (χ3n) is 3.61. The van der Waals surface area contributed by atoms with Crippen LogP contribution in [0.1, 0.15) is 62.3 Å². The highest BCUT2D eigenvalue weighted by atomic mass is 35.5. The molecule has 0 N–H and O–H groups in total. The highest BCUT2D eigenvalue weighted by Gasteiger charge is 2.18. The van der Waals surface area contributed by atoms with E-state index in [1.165, 1.54) is 32.1 Å². The van der Waals surface area contributed by atoms with Crippen LogP contribution in [0.2, 0.25) is 0 Å². The van der Waals surface area contributed by atoms with Gasteiger partial charge in [0.1, 0.15) is 11.1 Å². The van der Waals surface area contributed by atoms with Crippen LogP contribution in [0.25, 0.3) is 0 Å². The summed E-state index contributed by atoms with van der Waals surface area (Å²) < 4.78 is 6.08. The number of rotatable bonds is 6. The van der Waals surface area contributed by atoms with Crippen LogP contribution < -0.4 is 0 Å². The van der Waals surface area contributed by atoms with Gasteiger partial charge in [0.05, 0.1) is 18.2 Å². The molecule has 0 radical (unpaired) electrons. The molecule has 0 aliphatic heterocycles. The van der Waals surface area contributed by atoms with E-state index in [1.807, 2.05) is 5.38 Å². The minimum absolute atomic E-state index is 0.161. The van der Waals surface area contributed by atoms with Gasteiger partial charge in [-0.15, -0.1) is 22.9 Å². The molecule has 0 aromatic carbocycles. The monoisotopic (exact) mass is 287 g/mol. The topological polar surface area (TPSA) is 22.1 Å². The summed E-state index contributed by atoms with van der Waals surface area (Å²) in [6, 6.07) is 0. The third-order valence-corrected chi connectivity index (χ3v) is 4.87. The Labute approximate surface area is 119 Å². The molecule has 1 saturated carbocycles. The largest absolute Gasteiger partial charge is 0.371 e. The Morgan fingerprint density at radius 1 is 1.44 bits per heavy atom. The van der Waals surface area contributed by atoms with Gasteiger partial charge in [-0.1, -0.05) is 26.2 Å². The summed E-state index contributed by atoms with van der Waals surface area (Å²) in [5, 5.41) is 3.12. The van der Waals surface area contributed by atoms with Gasteiger partial charge >= 0.3 is 0 Å². The molecule has 0 bridgehead atoms. The fourth-order valence-electron chi connectivity index (χ4n) is 2.50. The molecule has 0 saturated heterocycles. The average molecular weight is 288 g/mol. The Kier molecular flexibility index (Phi) is 5.93. The van der Waals surface area contributed by atoms with Gasteiger partial charge in [-0.2, -0.15) is 0 Å². The number of aromatic nitrogens is 1. The molecule has 2 rings (SSSR count). The zero-order valence-electron chi connectivity index (χ0n) is 11.0. The maximum absolute atomic E-state index is 6.08. The van der Waals surface area contributed by atoms with E-state index in [4.69, 9.17) is 16.3 Å². The van der Waals surface area contributed by atoms with Crippen LogP contribution >= 0.6 is 22.9 Å². The minimum atomic E-state index is 0.161. The molecule has 0 spiro atoms. The zero-order valence-corrected chi connectivity index (χ0v) is 12.6. The summed E-state index contributed by atoms with van der Waals surface area (Å²) in [5.41, 5.74) is 0.969. The van der Waals surface area contributed by atoms with Crippen molar-refractivity contribution in [3.63, 3.8) is 0 Å². The Hall–Kier alpha value is -0.120. The predicted molar refractivity (Wildman–Crippen MR) is 77.2 cm³/mol. The average Bonchev–Trinajstić information content (AvgIpc) is 2.89. The van der Waals surface area contributed by atoms with Crippen LogP contribution in [0.5, 0.6) is 0 Å². The summed E-state index contributed by atoms with van der Waals surface area (Å²) in [6.45, 7) is 3.06. The molecule has 1 atom stereocenters. The van der Waals surface area contributed by atoms with E-state index in [1.54, 1.807) is 11.3 Å². The molecule has 18 heavy (non-hydrogen) atoms. The Balaban J connectivity index is 1.84. The molecule has 4 heteroatoms. The van der Waals surface area contributed by atoms with E-state index in [2.05, 4.69) is 11.9 Å². The van der Waals surface area contributed by atoms with Crippen molar-refractivity contribution in [2.75, 3.05) is 6.61 Å².